The fraction of sp³-hybridized carbons (Fsp3) is 0.143. The maximum absolute atomic E-state index is 12.0. The molecule has 1 aromatic heterocycles. The smallest absolute Gasteiger partial charge is 0.189 e. The Morgan fingerprint density at radius 1 is 1.12 bits per heavy atom. The molecule has 4 heteroatoms. The lowest BCUT2D eigenvalue weighted by Gasteiger charge is -2.07. The van der Waals surface area contributed by atoms with Crippen molar-refractivity contribution in [1.82, 2.24) is 9.78 Å². The van der Waals surface area contributed by atoms with E-state index in [-0.39, 0.29) is 5.78 Å². The minimum Gasteiger partial charge on any atom is -0.489 e. The molecule has 3 rings (SSSR count). The van der Waals surface area contributed by atoms with E-state index < -0.39 is 0 Å². The van der Waals surface area contributed by atoms with Gasteiger partial charge in [0.15, 0.2) is 5.78 Å². The number of aromatic nitrogens is 2. The normalized spacial score (nSPS) is 11.0. The summed E-state index contributed by atoms with van der Waals surface area (Å²) < 4.78 is 7.39. The highest BCUT2D eigenvalue weighted by molar-refractivity contribution is 6.06. The molecule has 25 heavy (non-hydrogen) atoms. The molecule has 0 aliphatic heterocycles. The van der Waals surface area contributed by atoms with Crippen LogP contribution in [0.2, 0.25) is 0 Å². The largest absolute Gasteiger partial charge is 0.489 e. The molecule has 0 saturated heterocycles. The van der Waals surface area contributed by atoms with E-state index in [2.05, 4.69) is 36.3 Å². The molecule has 0 fully saturated rings. The average molecular weight is 332 g/mol. The number of nitrogens with zero attached hydrogens (tertiary/aromatic N) is 2. The lowest BCUT2D eigenvalue weighted by atomic mass is 10.1. The van der Waals surface area contributed by atoms with Gasteiger partial charge in [-0.3, -0.25) is 9.48 Å². The van der Waals surface area contributed by atoms with Gasteiger partial charge in [0.2, 0.25) is 0 Å². The fourth-order valence-corrected chi connectivity index (χ4v) is 2.34. The number of rotatable bonds is 6. The first-order valence-electron chi connectivity index (χ1n) is 8.09. The summed E-state index contributed by atoms with van der Waals surface area (Å²) in [5.74, 6) is 0.740. The van der Waals surface area contributed by atoms with Crippen molar-refractivity contribution in [2.75, 3.05) is 0 Å². The summed E-state index contributed by atoms with van der Waals surface area (Å²) in [6.07, 6.45) is 6.61. The molecule has 0 amide bonds. The van der Waals surface area contributed by atoms with Gasteiger partial charge in [0.05, 0.1) is 11.8 Å². The molecule has 0 bridgehead atoms. The number of allylic oxidation sites excluding steroid dienone is 1. The minimum absolute atomic E-state index is 0.0622. The Kier molecular flexibility index (Phi) is 5.09. The summed E-state index contributed by atoms with van der Waals surface area (Å²) >= 11 is 0. The van der Waals surface area contributed by atoms with Gasteiger partial charge < -0.3 is 4.74 Å². The number of carbonyl (C=O) groups excluding carboxylic acids is 1. The van der Waals surface area contributed by atoms with E-state index in [0.29, 0.717) is 12.2 Å². The number of benzene rings is 2. The van der Waals surface area contributed by atoms with E-state index in [9.17, 15) is 4.79 Å². The van der Waals surface area contributed by atoms with E-state index in [1.807, 2.05) is 24.3 Å². The maximum atomic E-state index is 12.0. The predicted octanol–water partition coefficient (Wildman–Crippen LogP) is 4.20. The number of hydrogen-bond acceptors (Lipinski definition) is 3. The van der Waals surface area contributed by atoms with E-state index in [1.165, 1.54) is 5.56 Å². The van der Waals surface area contributed by atoms with Gasteiger partial charge in [-0.1, -0.05) is 48.0 Å². The van der Waals surface area contributed by atoms with Crippen molar-refractivity contribution < 1.29 is 9.53 Å². The zero-order valence-electron chi connectivity index (χ0n) is 14.3. The number of aryl methyl sites for hydroxylation is 2. The minimum atomic E-state index is -0.0622. The van der Waals surface area contributed by atoms with Crippen LogP contribution >= 0.6 is 0 Å². The van der Waals surface area contributed by atoms with E-state index >= 15 is 0 Å². The van der Waals surface area contributed by atoms with Crippen molar-refractivity contribution >= 4 is 11.9 Å². The summed E-state index contributed by atoms with van der Waals surface area (Å²) in [5, 5.41) is 4.00. The monoisotopic (exact) mass is 332 g/mol. The summed E-state index contributed by atoms with van der Waals surface area (Å²) in [4.78, 5) is 12.0. The molecule has 0 aliphatic carbocycles. The first-order valence-corrected chi connectivity index (χ1v) is 8.09. The van der Waals surface area contributed by atoms with Crippen LogP contribution in [-0.2, 0) is 13.7 Å². The lowest BCUT2D eigenvalue weighted by molar-refractivity contribution is 0.104. The van der Waals surface area contributed by atoms with E-state index in [1.54, 1.807) is 36.3 Å². The van der Waals surface area contributed by atoms with Gasteiger partial charge in [0, 0.05) is 13.2 Å². The molecule has 4 nitrogen and oxygen atoms in total. The third-order valence-corrected chi connectivity index (χ3v) is 3.82. The van der Waals surface area contributed by atoms with Crippen LogP contribution in [-0.4, -0.2) is 15.6 Å². The molecule has 0 spiro atoms. The fourth-order valence-electron chi connectivity index (χ4n) is 2.34. The van der Waals surface area contributed by atoms with Gasteiger partial charge in [-0.15, -0.1) is 0 Å². The molecule has 0 saturated carbocycles. The zero-order chi connectivity index (χ0) is 17.6. The third-order valence-electron chi connectivity index (χ3n) is 3.82. The van der Waals surface area contributed by atoms with Crippen LogP contribution in [0.1, 0.15) is 27.0 Å². The first-order chi connectivity index (χ1) is 12.1. The highest BCUT2D eigenvalue weighted by Gasteiger charge is 2.03. The lowest BCUT2D eigenvalue weighted by Crippen LogP contribution is -1.95. The Morgan fingerprint density at radius 2 is 1.84 bits per heavy atom. The number of carbonyl (C=O) groups is 1. The number of hydrogen-bond donors (Lipinski definition) is 0. The van der Waals surface area contributed by atoms with Crippen molar-refractivity contribution in [2.24, 2.45) is 7.05 Å². The van der Waals surface area contributed by atoms with Crippen LogP contribution < -0.4 is 4.74 Å². The standard InChI is InChI=1S/C21H20N2O2/c1-16-3-5-18(6-4-16)15-25-20-10-7-17(8-11-20)9-12-21(24)19-13-22-23(2)14-19/h3-14H,15H2,1-2H3. The van der Waals surface area contributed by atoms with Gasteiger partial charge in [0.25, 0.3) is 0 Å². The van der Waals surface area contributed by atoms with Gasteiger partial charge >= 0.3 is 0 Å². The van der Waals surface area contributed by atoms with Crippen LogP contribution in [0.15, 0.2) is 67.0 Å². The Morgan fingerprint density at radius 3 is 2.48 bits per heavy atom. The van der Waals surface area contributed by atoms with Crippen LogP contribution in [0, 0.1) is 6.92 Å². The second-order valence-corrected chi connectivity index (χ2v) is 5.94. The summed E-state index contributed by atoms with van der Waals surface area (Å²) in [5.41, 5.74) is 3.90. The molecule has 0 radical (unpaired) electrons. The zero-order valence-corrected chi connectivity index (χ0v) is 14.3. The summed E-state index contributed by atoms with van der Waals surface area (Å²) in [7, 11) is 1.79. The van der Waals surface area contributed by atoms with Gasteiger partial charge in [-0.25, -0.2) is 0 Å². The number of ketones is 1. The van der Waals surface area contributed by atoms with Gasteiger partial charge in [0.1, 0.15) is 12.4 Å². The van der Waals surface area contributed by atoms with Crippen molar-refractivity contribution in [3.05, 3.63) is 89.3 Å². The predicted molar refractivity (Wildman–Crippen MR) is 98.5 cm³/mol. The molecule has 3 aromatic rings. The Labute approximate surface area is 147 Å². The highest BCUT2D eigenvalue weighted by Crippen LogP contribution is 2.15. The first kappa shape index (κ1) is 16.7. The van der Waals surface area contributed by atoms with E-state index in [4.69, 9.17) is 4.74 Å². The topological polar surface area (TPSA) is 44.1 Å². The molecule has 126 valence electrons. The second kappa shape index (κ2) is 7.62. The quantitative estimate of drug-likeness (QED) is 0.502. The molecule has 0 aliphatic rings. The van der Waals surface area contributed by atoms with Crippen molar-refractivity contribution in [3.63, 3.8) is 0 Å². The Hall–Kier alpha value is -3.14. The SMILES string of the molecule is Cc1ccc(COc2ccc(C=CC(=O)c3cnn(C)c3)cc2)cc1. The van der Waals surface area contributed by atoms with Crippen molar-refractivity contribution in [2.45, 2.75) is 13.5 Å². The van der Waals surface area contributed by atoms with Gasteiger partial charge in [-0.2, -0.15) is 5.10 Å². The van der Waals surface area contributed by atoms with Gasteiger partial charge in [-0.05, 0) is 36.3 Å². The van der Waals surface area contributed by atoms with Crippen LogP contribution in [0.4, 0.5) is 0 Å². The number of ether oxygens (including phenoxy) is 1. The highest BCUT2D eigenvalue weighted by atomic mass is 16.5. The molecular formula is C21H20N2O2. The molecule has 0 N–H and O–H groups in total. The van der Waals surface area contributed by atoms with Crippen LogP contribution in [0.25, 0.3) is 6.08 Å². The summed E-state index contributed by atoms with van der Waals surface area (Å²) in [6.45, 7) is 2.60. The third kappa shape index (κ3) is 4.67. The average Bonchev–Trinajstić information content (AvgIpc) is 3.07. The van der Waals surface area contributed by atoms with Crippen LogP contribution in [0.5, 0.6) is 5.75 Å². The second-order valence-electron chi connectivity index (χ2n) is 5.94. The summed E-state index contributed by atoms with van der Waals surface area (Å²) in [6, 6.07) is 15.9. The molecular weight excluding hydrogens is 312 g/mol. The van der Waals surface area contributed by atoms with E-state index in [0.717, 1.165) is 16.9 Å². The Balaban J connectivity index is 1.57. The van der Waals surface area contributed by atoms with Crippen molar-refractivity contribution in [3.8, 4) is 5.75 Å². The Bertz CT molecular complexity index is 875. The van der Waals surface area contributed by atoms with Crippen molar-refractivity contribution in [1.29, 1.82) is 0 Å². The maximum Gasteiger partial charge on any atom is 0.189 e. The molecule has 1 heterocycles. The van der Waals surface area contributed by atoms with Crippen LogP contribution in [0.3, 0.4) is 0 Å². The molecule has 0 unspecified atom stereocenters. The molecule has 0 atom stereocenters. The molecule has 2 aromatic carbocycles.